The number of benzene rings is 1. The second kappa shape index (κ2) is 27.5. The Labute approximate surface area is 399 Å². The summed E-state index contributed by atoms with van der Waals surface area (Å²) in [7, 11) is 0. The summed E-state index contributed by atoms with van der Waals surface area (Å²) < 4.78 is 6.52. The van der Waals surface area contributed by atoms with Crippen molar-refractivity contribution in [1.82, 2.24) is 35.2 Å². The number of H-pyrrole nitrogens is 1. The van der Waals surface area contributed by atoms with Crippen LogP contribution in [0.5, 0.6) is 11.5 Å². The number of nitrogens with zero attached hydrogens (tertiary/aromatic N) is 5. The van der Waals surface area contributed by atoms with Crippen molar-refractivity contribution in [1.29, 1.82) is 0 Å². The average molecular weight is 1070 g/mol. The first-order valence-electron chi connectivity index (χ1n) is 21.7. The maximum absolute atomic E-state index is 12.2. The van der Waals surface area contributed by atoms with Gasteiger partial charge in [0.05, 0.1) is 29.1 Å². The van der Waals surface area contributed by atoms with E-state index >= 15 is 0 Å². The smallest absolute Gasteiger partial charge is 1.00 e. The van der Waals surface area contributed by atoms with Gasteiger partial charge < -0.3 is 45.0 Å². The van der Waals surface area contributed by atoms with E-state index in [2.05, 4.69) is 62.1 Å². The number of hydrogen-bond acceptors (Lipinski definition) is 8. The average Bonchev–Trinajstić information content (AvgIpc) is 3.80. The number of aromatic amines is 1. The minimum absolute atomic E-state index is 0. The third kappa shape index (κ3) is 16.1. The number of aryl methyl sites for hydroxylation is 1. The van der Waals surface area contributed by atoms with E-state index in [0.717, 1.165) is 91.1 Å². The van der Waals surface area contributed by atoms with Crippen LogP contribution in [0.25, 0.3) is 22.8 Å². The van der Waals surface area contributed by atoms with Gasteiger partial charge in [0.15, 0.2) is 0 Å². The second-order valence-corrected chi connectivity index (χ2v) is 16.4. The summed E-state index contributed by atoms with van der Waals surface area (Å²) in [5.41, 5.74) is 6.71. The molecule has 13 heteroatoms. The van der Waals surface area contributed by atoms with Gasteiger partial charge in [-0.3, -0.25) is 24.7 Å². The van der Waals surface area contributed by atoms with E-state index in [1.54, 1.807) is 37.3 Å². The van der Waals surface area contributed by atoms with E-state index in [-0.39, 0.29) is 56.1 Å². The summed E-state index contributed by atoms with van der Waals surface area (Å²) in [6.07, 6.45) is 23.0. The zero-order chi connectivity index (χ0) is 42.0. The van der Waals surface area contributed by atoms with Gasteiger partial charge in [0, 0.05) is 67.5 Å². The molecule has 1 saturated carbocycles. The molecule has 1 aliphatic carbocycles. The Morgan fingerprint density at radius 1 is 0.794 bits per heavy atom. The second-order valence-electron chi connectivity index (χ2n) is 16.4. The molecule has 3 atom stereocenters. The molecular weight excluding hydrogens is 1010 g/mol. The van der Waals surface area contributed by atoms with E-state index in [1.165, 1.54) is 24.8 Å². The summed E-state index contributed by atoms with van der Waals surface area (Å²) in [5, 5.41) is 14.1. The van der Waals surface area contributed by atoms with Crippen LogP contribution in [-0.4, -0.2) is 53.1 Å². The number of ether oxygens (including phenoxy) is 1. The molecule has 0 radical (unpaired) electrons. The first-order chi connectivity index (χ1) is 29.3. The summed E-state index contributed by atoms with van der Waals surface area (Å²) in [4.78, 5) is 36.0. The number of imidazole rings is 1. The van der Waals surface area contributed by atoms with Crippen molar-refractivity contribution in [3.63, 3.8) is 0 Å². The van der Waals surface area contributed by atoms with Crippen molar-refractivity contribution in [2.75, 3.05) is 6.54 Å². The first-order valence-corrected chi connectivity index (χ1v) is 21.7. The Morgan fingerprint density at radius 2 is 1.38 bits per heavy atom. The van der Waals surface area contributed by atoms with Gasteiger partial charge in [-0.1, -0.05) is 56.9 Å². The fourth-order valence-electron chi connectivity index (χ4n) is 8.50. The van der Waals surface area contributed by atoms with Crippen LogP contribution in [-0.2, 0) is 37.4 Å². The number of aromatic hydroxyl groups is 1. The number of amides is 1. The number of phenols is 1. The van der Waals surface area contributed by atoms with Crippen LogP contribution in [0.4, 0.5) is 0 Å². The number of aromatic nitrogens is 6. The van der Waals surface area contributed by atoms with E-state index in [0.29, 0.717) is 36.5 Å². The zero-order valence-corrected chi connectivity index (χ0v) is 40.6. The molecule has 3 unspecified atom stereocenters. The van der Waals surface area contributed by atoms with Gasteiger partial charge in [0.2, 0.25) is 5.91 Å². The van der Waals surface area contributed by atoms with Crippen LogP contribution >= 0.6 is 0 Å². The van der Waals surface area contributed by atoms with Crippen LogP contribution < -0.4 is 34.9 Å². The molecule has 8 rings (SSSR count). The Bertz CT molecular complexity index is 2000. The summed E-state index contributed by atoms with van der Waals surface area (Å²) in [6.45, 7) is 7.31. The zero-order valence-electron chi connectivity index (χ0n) is 36.6. The van der Waals surface area contributed by atoms with Gasteiger partial charge in [-0.25, -0.2) is 4.98 Å². The SMILES string of the molecule is CCCCCc1cc(O)c2c(c1)OC(C)(C)C1CCC(CCCCC(=O)NCCc3cnc[nH]3)CC21.[Cl-].[Cl-].[Os+2].c1ccc(-c2ccccn2)nc1.c1ccc(-c2ccccn2)nc1. The van der Waals surface area contributed by atoms with Crippen molar-refractivity contribution in [3.05, 3.63) is 139 Å². The van der Waals surface area contributed by atoms with Crippen molar-refractivity contribution < 1.29 is 59.2 Å². The first kappa shape index (κ1) is 52.7. The van der Waals surface area contributed by atoms with Crippen molar-refractivity contribution >= 4 is 5.91 Å². The number of phenolic OH excluding ortho intramolecular Hbond substituents is 1. The Kier molecular flexibility index (Phi) is 23.0. The summed E-state index contributed by atoms with van der Waals surface area (Å²) in [6, 6.07) is 27.4. The number of hydrogen-bond donors (Lipinski definition) is 3. The molecule has 1 fully saturated rings. The monoisotopic (exact) mass is 1070 g/mol. The molecule has 1 aliphatic heterocycles. The van der Waals surface area contributed by atoms with E-state index in [9.17, 15) is 9.90 Å². The number of halogens is 2. The third-order valence-corrected chi connectivity index (χ3v) is 11.6. The Hall–Kier alpha value is -4.68. The summed E-state index contributed by atoms with van der Waals surface area (Å²) >= 11 is 0. The van der Waals surface area contributed by atoms with E-state index in [4.69, 9.17) is 4.74 Å². The molecule has 336 valence electrons. The molecule has 1 amide bonds. The van der Waals surface area contributed by atoms with Crippen LogP contribution in [0.1, 0.15) is 108 Å². The fourth-order valence-corrected chi connectivity index (χ4v) is 8.50. The number of carbonyl (C=O) groups is 1. The molecule has 2 aliphatic rings. The minimum atomic E-state index is -0.217. The number of carbonyl (C=O) groups excluding carboxylic acids is 1. The molecule has 6 heterocycles. The molecule has 6 aromatic rings. The van der Waals surface area contributed by atoms with Crippen LogP contribution in [0.2, 0.25) is 0 Å². The van der Waals surface area contributed by atoms with Gasteiger partial charge >= 0.3 is 19.8 Å². The number of rotatable bonds is 14. The maximum atomic E-state index is 12.2. The standard InChI is InChI=1S/C30H45N3O3.2C10H8N2.2ClH.Os/c1-4-5-6-10-22-17-26(34)29-24-16-21(12-13-25(24)30(2,3)36-27(29)18-22)9-7-8-11-28(35)32-15-14-23-19-31-20-33-23;2*1-3-7-11-9(5-1)10-6-2-4-8-12-10;;;/h17-21,24-25,34H,4-16H2,1-3H3,(H,31,33)(H,32,35);2*1-8H;2*1H;/q;;;;;+2/p-2. The number of unbranched alkanes of at least 4 members (excludes halogenated alkanes) is 3. The predicted octanol–water partition coefficient (Wildman–Crippen LogP) is 4.73. The largest absolute Gasteiger partial charge is 2.00 e. The van der Waals surface area contributed by atoms with Gasteiger partial charge in [0.25, 0.3) is 0 Å². The number of fused-ring (bicyclic) bond motifs is 3. The van der Waals surface area contributed by atoms with Gasteiger partial charge in [-0.15, -0.1) is 0 Å². The molecule has 10 nitrogen and oxygen atoms in total. The molecule has 0 bridgehead atoms. The minimum Gasteiger partial charge on any atom is -1.00 e. The predicted molar refractivity (Wildman–Crippen MR) is 238 cm³/mol. The van der Waals surface area contributed by atoms with Gasteiger partial charge in [-0.2, -0.15) is 0 Å². The van der Waals surface area contributed by atoms with E-state index in [1.807, 2.05) is 78.9 Å². The molecule has 63 heavy (non-hydrogen) atoms. The normalized spacial score (nSPS) is 16.5. The summed E-state index contributed by atoms with van der Waals surface area (Å²) in [5.74, 6) is 2.88. The van der Waals surface area contributed by atoms with Gasteiger partial charge in [0.1, 0.15) is 17.1 Å². The quantitative estimate of drug-likeness (QED) is 0.133. The molecule has 0 saturated heterocycles. The van der Waals surface area contributed by atoms with Crippen LogP contribution in [0.15, 0.2) is 122 Å². The number of nitrogens with one attached hydrogen (secondary N) is 2. The molecule has 3 N–H and O–H groups in total. The van der Waals surface area contributed by atoms with Crippen molar-refractivity contribution in [2.45, 2.75) is 109 Å². The molecule has 1 aromatic carbocycles. The Morgan fingerprint density at radius 3 is 1.89 bits per heavy atom. The fraction of sp³-hybridized carbons (Fsp3) is 0.400. The Balaban J connectivity index is 0.000000318. The van der Waals surface area contributed by atoms with Crippen molar-refractivity contribution in [2.24, 2.45) is 11.8 Å². The topological polar surface area (TPSA) is 139 Å². The van der Waals surface area contributed by atoms with Gasteiger partial charge in [-0.05, 0) is 130 Å². The molecular formula is C50H61Cl2N7O3Os. The van der Waals surface area contributed by atoms with Crippen LogP contribution in [0.3, 0.4) is 0 Å². The molecule has 0 spiro atoms. The molecule has 5 aromatic heterocycles. The number of pyridine rings is 4. The van der Waals surface area contributed by atoms with E-state index < -0.39 is 0 Å². The van der Waals surface area contributed by atoms with Crippen molar-refractivity contribution in [3.8, 4) is 34.3 Å². The van der Waals surface area contributed by atoms with Crippen LogP contribution in [0, 0.1) is 11.8 Å². The third-order valence-electron chi connectivity index (χ3n) is 11.6. The maximum Gasteiger partial charge on any atom is 2.00 e.